The summed E-state index contributed by atoms with van der Waals surface area (Å²) in [5, 5.41) is 0. The van der Waals surface area contributed by atoms with Gasteiger partial charge in [-0.1, -0.05) is 42.5 Å². The molecule has 0 aromatic heterocycles. The van der Waals surface area contributed by atoms with Crippen molar-refractivity contribution in [1.29, 1.82) is 0 Å². The first-order valence-electron chi connectivity index (χ1n) is 3.01. The van der Waals surface area contributed by atoms with Gasteiger partial charge in [0.1, 0.15) is 0 Å². The molecule has 0 saturated carbocycles. The zero-order valence-electron chi connectivity index (χ0n) is 6.09. The first kappa shape index (κ1) is 9.76. The van der Waals surface area contributed by atoms with Crippen LogP contribution in [0.25, 0.3) is 5.57 Å². The van der Waals surface area contributed by atoms with Gasteiger partial charge in [0.25, 0.3) is 0 Å². The van der Waals surface area contributed by atoms with Crippen LogP contribution in [0, 0.1) is 0 Å². The van der Waals surface area contributed by atoms with Gasteiger partial charge in [-0.3, -0.25) is 0 Å². The second-order valence-corrected chi connectivity index (χ2v) is 2.15. The van der Waals surface area contributed by atoms with Crippen molar-refractivity contribution in [3.8, 4) is 0 Å². The first-order chi connectivity index (χ1) is 4.30. The molecule has 1 heteroatoms. The van der Waals surface area contributed by atoms with Crippen LogP contribution in [0.1, 0.15) is 12.5 Å². The van der Waals surface area contributed by atoms with Gasteiger partial charge in [-0.2, -0.15) is 0 Å². The summed E-state index contributed by atoms with van der Waals surface area (Å²) >= 11 is 0. The summed E-state index contributed by atoms with van der Waals surface area (Å²) in [6.07, 6.45) is 0. The molecule has 0 aliphatic rings. The Morgan fingerprint density at radius 1 is 1.20 bits per heavy atom. The Morgan fingerprint density at radius 2 is 1.70 bits per heavy atom. The molecule has 0 nitrogen and oxygen atoms in total. The van der Waals surface area contributed by atoms with Crippen LogP contribution in [-0.2, 0) is 0 Å². The van der Waals surface area contributed by atoms with E-state index in [4.69, 9.17) is 0 Å². The van der Waals surface area contributed by atoms with Gasteiger partial charge in [-0.25, -0.2) is 0 Å². The fourth-order valence-electron chi connectivity index (χ4n) is 0.723. The molecule has 0 spiro atoms. The summed E-state index contributed by atoms with van der Waals surface area (Å²) in [6, 6.07) is 10.2. The maximum absolute atomic E-state index is 3.83. The van der Waals surface area contributed by atoms with E-state index in [9.17, 15) is 0 Å². The third kappa shape index (κ3) is 2.56. The minimum absolute atomic E-state index is 0. The van der Waals surface area contributed by atoms with Crippen molar-refractivity contribution < 1.29 is 0 Å². The van der Waals surface area contributed by atoms with Crippen molar-refractivity contribution >= 4 is 29.5 Å². The van der Waals surface area contributed by atoms with E-state index in [1.165, 1.54) is 5.56 Å². The van der Waals surface area contributed by atoms with Gasteiger partial charge in [-0.15, -0.1) is 0 Å². The third-order valence-corrected chi connectivity index (χ3v) is 1.27. The maximum Gasteiger partial charge on any atom is 0 e. The molecule has 0 bridgehead atoms. The molecular formula is C9H10Sn. The van der Waals surface area contributed by atoms with Crippen molar-refractivity contribution in [2.45, 2.75) is 6.92 Å². The number of allylic oxidation sites excluding steroid dienone is 1. The molecule has 10 heavy (non-hydrogen) atoms. The van der Waals surface area contributed by atoms with E-state index in [0.29, 0.717) is 0 Å². The fraction of sp³-hybridized carbons (Fsp3) is 0.111. The minimum Gasteiger partial charge on any atom is -0.0955 e. The van der Waals surface area contributed by atoms with E-state index in [1.54, 1.807) is 0 Å². The Kier molecular flexibility index (Phi) is 4.45. The molecule has 1 rings (SSSR count). The van der Waals surface area contributed by atoms with Gasteiger partial charge < -0.3 is 0 Å². The molecule has 1 aromatic rings. The molecule has 50 valence electrons. The van der Waals surface area contributed by atoms with Crippen molar-refractivity contribution in [3.63, 3.8) is 0 Å². The van der Waals surface area contributed by atoms with Crippen LogP contribution in [-0.4, -0.2) is 23.9 Å². The summed E-state index contributed by atoms with van der Waals surface area (Å²) in [5.74, 6) is 0. The van der Waals surface area contributed by atoms with Crippen molar-refractivity contribution in [3.05, 3.63) is 42.5 Å². The average Bonchev–Trinajstić information content (AvgIpc) is 1.90. The number of benzene rings is 1. The molecule has 0 saturated heterocycles. The zero-order chi connectivity index (χ0) is 6.69. The molecule has 0 aliphatic carbocycles. The summed E-state index contributed by atoms with van der Waals surface area (Å²) in [5.41, 5.74) is 2.34. The maximum atomic E-state index is 3.83. The Bertz CT molecular complexity index is 201. The molecule has 0 unspecified atom stereocenters. The van der Waals surface area contributed by atoms with E-state index in [0.717, 1.165) is 5.57 Å². The van der Waals surface area contributed by atoms with Crippen LogP contribution in [0.15, 0.2) is 36.9 Å². The second kappa shape index (κ2) is 4.56. The van der Waals surface area contributed by atoms with Crippen LogP contribution in [0.4, 0.5) is 0 Å². The van der Waals surface area contributed by atoms with Crippen LogP contribution in [0.5, 0.6) is 0 Å². The van der Waals surface area contributed by atoms with Crippen LogP contribution < -0.4 is 0 Å². The van der Waals surface area contributed by atoms with Crippen LogP contribution in [0.2, 0.25) is 0 Å². The zero-order valence-corrected chi connectivity index (χ0v) is 8.95. The van der Waals surface area contributed by atoms with E-state index >= 15 is 0 Å². The monoisotopic (exact) mass is 238 g/mol. The molecule has 0 fully saturated rings. The SMILES string of the molecule is C=C(C)c1ccccc1.[Sn]. The summed E-state index contributed by atoms with van der Waals surface area (Å²) in [4.78, 5) is 0. The first-order valence-corrected chi connectivity index (χ1v) is 3.01. The molecule has 1 aromatic carbocycles. The Hall–Kier alpha value is -0.241. The number of hydrogen-bond donors (Lipinski definition) is 0. The molecule has 0 heterocycles. The van der Waals surface area contributed by atoms with Crippen molar-refractivity contribution in [2.24, 2.45) is 0 Å². The topological polar surface area (TPSA) is 0 Å². The van der Waals surface area contributed by atoms with Gasteiger partial charge in [0.15, 0.2) is 0 Å². The smallest absolute Gasteiger partial charge is 0 e. The third-order valence-electron chi connectivity index (χ3n) is 1.27. The fourth-order valence-corrected chi connectivity index (χ4v) is 0.723. The largest absolute Gasteiger partial charge is 0.0955 e. The predicted molar refractivity (Wildman–Crippen MR) is 46.9 cm³/mol. The van der Waals surface area contributed by atoms with Crippen LogP contribution in [0.3, 0.4) is 0 Å². The predicted octanol–water partition coefficient (Wildman–Crippen LogP) is 2.34. The van der Waals surface area contributed by atoms with Crippen molar-refractivity contribution in [2.75, 3.05) is 0 Å². The number of rotatable bonds is 1. The van der Waals surface area contributed by atoms with Crippen molar-refractivity contribution in [1.82, 2.24) is 0 Å². The van der Waals surface area contributed by atoms with E-state index in [1.807, 2.05) is 25.1 Å². The normalized spacial score (nSPS) is 8.10. The molecule has 0 atom stereocenters. The van der Waals surface area contributed by atoms with Gasteiger partial charge >= 0.3 is 0 Å². The van der Waals surface area contributed by atoms with Gasteiger partial charge in [0.05, 0.1) is 0 Å². The Morgan fingerprint density at radius 3 is 2.00 bits per heavy atom. The van der Waals surface area contributed by atoms with Gasteiger partial charge in [-0.05, 0) is 12.5 Å². The van der Waals surface area contributed by atoms with E-state index < -0.39 is 0 Å². The van der Waals surface area contributed by atoms with Gasteiger partial charge in [0, 0.05) is 23.9 Å². The Balaban J connectivity index is 0.000000810. The molecule has 0 amide bonds. The minimum atomic E-state index is 0. The second-order valence-electron chi connectivity index (χ2n) is 2.15. The standard InChI is InChI=1S/C9H10.Sn/c1-8(2)9-6-4-3-5-7-9;/h3-7H,1H2,2H3;. The summed E-state index contributed by atoms with van der Waals surface area (Å²) in [7, 11) is 0. The molecular weight excluding hydrogens is 227 g/mol. The number of hydrogen-bond acceptors (Lipinski definition) is 0. The van der Waals surface area contributed by atoms with E-state index in [2.05, 4.69) is 18.7 Å². The molecule has 0 aliphatic heterocycles. The quantitative estimate of drug-likeness (QED) is 0.657. The van der Waals surface area contributed by atoms with Gasteiger partial charge in [0.2, 0.25) is 0 Å². The Labute approximate surface area is 78.9 Å². The summed E-state index contributed by atoms with van der Waals surface area (Å²) in [6.45, 7) is 5.83. The molecule has 0 N–H and O–H groups in total. The summed E-state index contributed by atoms with van der Waals surface area (Å²) < 4.78 is 0. The average molecular weight is 237 g/mol. The van der Waals surface area contributed by atoms with E-state index in [-0.39, 0.29) is 23.9 Å². The van der Waals surface area contributed by atoms with Crippen LogP contribution >= 0.6 is 0 Å². The molecule has 4 radical (unpaired) electrons.